The maximum atomic E-state index is 5.67. The quantitative estimate of drug-likeness (QED) is 0.853. The smallest absolute Gasteiger partial charge is 0.171 e. The van der Waals surface area contributed by atoms with Crippen molar-refractivity contribution in [3.8, 4) is 5.75 Å². The van der Waals surface area contributed by atoms with E-state index in [1.807, 2.05) is 30.3 Å². The van der Waals surface area contributed by atoms with Crippen molar-refractivity contribution in [3.63, 3.8) is 0 Å². The summed E-state index contributed by atoms with van der Waals surface area (Å²) >= 11 is 0. The van der Waals surface area contributed by atoms with Gasteiger partial charge in [-0.15, -0.1) is 10.2 Å². The average molecular weight is 230 g/mol. The van der Waals surface area contributed by atoms with Gasteiger partial charge < -0.3 is 14.6 Å². The normalized spacial score (nSPS) is 14.4. The molecule has 1 aliphatic rings. The van der Waals surface area contributed by atoms with E-state index in [4.69, 9.17) is 4.74 Å². The van der Waals surface area contributed by atoms with Crippen molar-refractivity contribution in [1.82, 2.24) is 20.1 Å². The molecule has 0 amide bonds. The number of ether oxygens (including phenoxy) is 1. The fourth-order valence-electron chi connectivity index (χ4n) is 1.92. The molecule has 3 rings (SSSR count). The summed E-state index contributed by atoms with van der Waals surface area (Å²) in [6.07, 6.45) is 0. The van der Waals surface area contributed by atoms with Gasteiger partial charge in [0.05, 0.1) is 6.54 Å². The maximum Gasteiger partial charge on any atom is 0.171 e. The fourth-order valence-corrected chi connectivity index (χ4v) is 1.92. The van der Waals surface area contributed by atoms with Crippen LogP contribution in [0.5, 0.6) is 5.75 Å². The Kier molecular flexibility index (Phi) is 2.75. The summed E-state index contributed by atoms with van der Waals surface area (Å²) in [5.74, 6) is 2.74. The average Bonchev–Trinajstić information content (AvgIpc) is 2.81. The van der Waals surface area contributed by atoms with Gasteiger partial charge in [0.1, 0.15) is 18.2 Å². The molecule has 1 aliphatic heterocycles. The summed E-state index contributed by atoms with van der Waals surface area (Å²) in [5, 5.41) is 11.6. The first-order valence-corrected chi connectivity index (χ1v) is 5.73. The minimum atomic E-state index is 0.469. The van der Waals surface area contributed by atoms with Crippen LogP contribution in [0.15, 0.2) is 30.3 Å². The Labute approximate surface area is 99.4 Å². The molecule has 0 saturated heterocycles. The number of rotatable bonds is 3. The monoisotopic (exact) mass is 230 g/mol. The van der Waals surface area contributed by atoms with Gasteiger partial charge in [-0.25, -0.2) is 0 Å². The largest absolute Gasteiger partial charge is 0.486 e. The molecule has 0 atom stereocenters. The summed E-state index contributed by atoms with van der Waals surface area (Å²) in [6, 6.07) is 9.76. The van der Waals surface area contributed by atoms with Crippen LogP contribution in [-0.4, -0.2) is 21.3 Å². The summed E-state index contributed by atoms with van der Waals surface area (Å²) in [4.78, 5) is 0. The zero-order chi connectivity index (χ0) is 11.5. The van der Waals surface area contributed by atoms with E-state index < -0.39 is 0 Å². The molecule has 2 heterocycles. The van der Waals surface area contributed by atoms with Gasteiger partial charge in [0, 0.05) is 13.1 Å². The van der Waals surface area contributed by atoms with Gasteiger partial charge in [-0.05, 0) is 12.1 Å². The lowest BCUT2D eigenvalue weighted by Gasteiger charge is -2.16. The Bertz CT molecular complexity index is 494. The lowest BCUT2D eigenvalue weighted by atomic mass is 10.3. The molecule has 5 heteroatoms. The number of nitrogens with one attached hydrogen (secondary N) is 1. The first-order chi connectivity index (χ1) is 8.43. The van der Waals surface area contributed by atoms with Crippen LogP contribution >= 0.6 is 0 Å². The molecule has 1 N–H and O–H groups in total. The highest BCUT2D eigenvalue weighted by molar-refractivity contribution is 5.21. The highest BCUT2D eigenvalue weighted by Gasteiger charge is 2.15. The SMILES string of the molecule is c1ccc(OCc2nnc3n2CCNC3)cc1. The molecule has 0 bridgehead atoms. The molecule has 1 aromatic heterocycles. The van der Waals surface area contributed by atoms with Crippen molar-refractivity contribution in [1.29, 1.82) is 0 Å². The Hall–Kier alpha value is -1.88. The Morgan fingerprint density at radius 1 is 1.24 bits per heavy atom. The molecular weight excluding hydrogens is 216 g/mol. The summed E-state index contributed by atoms with van der Waals surface area (Å²) in [7, 11) is 0. The van der Waals surface area contributed by atoms with E-state index >= 15 is 0 Å². The lowest BCUT2D eigenvalue weighted by molar-refractivity contribution is 0.286. The van der Waals surface area contributed by atoms with Gasteiger partial charge >= 0.3 is 0 Å². The van der Waals surface area contributed by atoms with E-state index in [1.54, 1.807) is 0 Å². The van der Waals surface area contributed by atoms with Crippen LogP contribution in [-0.2, 0) is 19.7 Å². The molecule has 0 spiro atoms. The Morgan fingerprint density at radius 3 is 3.00 bits per heavy atom. The van der Waals surface area contributed by atoms with Crippen LogP contribution in [0, 0.1) is 0 Å². The van der Waals surface area contributed by atoms with E-state index in [0.717, 1.165) is 37.0 Å². The Morgan fingerprint density at radius 2 is 2.12 bits per heavy atom. The van der Waals surface area contributed by atoms with Gasteiger partial charge in [-0.1, -0.05) is 18.2 Å². The highest BCUT2D eigenvalue weighted by atomic mass is 16.5. The number of fused-ring (bicyclic) bond motifs is 1. The highest BCUT2D eigenvalue weighted by Crippen LogP contribution is 2.12. The van der Waals surface area contributed by atoms with Crippen molar-refractivity contribution in [3.05, 3.63) is 42.0 Å². The number of aromatic nitrogens is 3. The second-order valence-electron chi connectivity index (χ2n) is 3.96. The molecule has 5 nitrogen and oxygen atoms in total. The van der Waals surface area contributed by atoms with Crippen LogP contribution in [0.4, 0.5) is 0 Å². The molecule has 0 unspecified atom stereocenters. The third-order valence-corrected chi connectivity index (χ3v) is 2.81. The van der Waals surface area contributed by atoms with Crippen molar-refractivity contribution < 1.29 is 4.74 Å². The van der Waals surface area contributed by atoms with E-state index in [2.05, 4.69) is 20.1 Å². The zero-order valence-electron chi connectivity index (χ0n) is 9.47. The second-order valence-corrected chi connectivity index (χ2v) is 3.96. The third-order valence-electron chi connectivity index (χ3n) is 2.81. The van der Waals surface area contributed by atoms with E-state index in [0.29, 0.717) is 6.61 Å². The molecule has 0 saturated carbocycles. The molecule has 17 heavy (non-hydrogen) atoms. The number of nitrogens with zero attached hydrogens (tertiary/aromatic N) is 3. The van der Waals surface area contributed by atoms with Crippen LogP contribution in [0.2, 0.25) is 0 Å². The van der Waals surface area contributed by atoms with Crippen LogP contribution in [0.1, 0.15) is 11.6 Å². The predicted octanol–water partition coefficient (Wildman–Crippen LogP) is 0.960. The molecule has 0 radical (unpaired) electrons. The summed E-state index contributed by atoms with van der Waals surface area (Å²) < 4.78 is 7.80. The molecule has 0 aliphatic carbocycles. The molecule has 2 aromatic rings. The number of benzene rings is 1. The van der Waals surface area contributed by atoms with Crippen LogP contribution < -0.4 is 10.1 Å². The third kappa shape index (κ3) is 2.14. The number of hydrogen-bond acceptors (Lipinski definition) is 4. The second kappa shape index (κ2) is 4.55. The van der Waals surface area contributed by atoms with Gasteiger partial charge in [0.15, 0.2) is 5.82 Å². The standard InChI is InChI=1S/C12H14N4O/c1-2-4-10(5-3-1)17-9-12-15-14-11-8-13-6-7-16(11)12/h1-5,13H,6-9H2. The minimum absolute atomic E-state index is 0.469. The van der Waals surface area contributed by atoms with E-state index in [9.17, 15) is 0 Å². The first kappa shape index (κ1) is 10.3. The lowest BCUT2D eigenvalue weighted by Crippen LogP contribution is -2.29. The fraction of sp³-hybridized carbons (Fsp3) is 0.333. The van der Waals surface area contributed by atoms with Crippen LogP contribution in [0.25, 0.3) is 0 Å². The van der Waals surface area contributed by atoms with E-state index in [1.165, 1.54) is 0 Å². The van der Waals surface area contributed by atoms with Crippen molar-refractivity contribution in [2.24, 2.45) is 0 Å². The van der Waals surface area contributed by atoms with Gasteiger partial charge in [-0.3, -0.25) is 0 Å². The summed E-state index contributed by atoms with van der Waals surface area (Å²) in [6.45, 7) is 3.13. The minimum Gasteiger partial charge on any atom is -0.486 e. The molecule has 0 fully saturated rings. The summed E-state index contributed by atoms with van der Waals surface area (Å²) in [5.41, 5.74) is 0. The Balaban J connectivity index is 1.71. The van der Waals surface area contributed by atoms with Gasteiger partial charge in [-0.2, -0.15) is 0 Å². The van der Waals surface area contributed by atoms with E-state index in [-0.39, 0.29) is 0 Å². The van der Waals surface area contributed by atoms with Crippen molar-refractivity contribution >= 4 is 0 Å². The van der Waals surface area contributed by atoms with Crippen molar-refractivity contribution in [2.45, 2.75) is 19.7 Å². The van der Waals surface area contributed by atoms with Crippen molar-refractivity contribution in [2.75, 3.05) is 6.54 Å². The molecular formula is C12H14N4O. The number of para-hydroxylation sites is 1. The first-order valence-electron chi connectivity index (χ1n) is 5.73. The number of hydrogen-bond donors (Lipinski definition) is 1. The molecule has 88 valence electrons. The predicted molar refractivity (Wildman–Crippen MR) is 62.5 cm³/mol. The van der Waals surface area contributed by atoms with Gasteiger partial charge in [0.2, 0.25) is 0 Å². The topological polar surface area (TPSA) is 52.0 Å². The van der Waals surface area contributed by atoms with Gasteiger partial charge in [0.25, 0.3) is 0 Å². The zero-order valence-corrected chi connectivity index (χ0v) is 9.47. The molecule has 1 aromatic carbocycles. The maximum absolute atomic E-state index is 5.67. The van der Waals surface area contributed by atoms with Crippen LogP contribution in [0.3, 0.4) is 0 Å².